The maximum Gasteiger partial charge on any atom is 0.266 e. The molecule has 1 aromatic carbocycles. The minimum atomic E-state index is -0.314. The van der Waals surface area contributed by atoms with E-state index in [2.05, 4.69) is 74.3 Å². The number of benzene rings is 1. The number of nitrogens with one attached hydrogen (secondary N) is 2. The van der Waals surface area contributed by atoms with Gasteiger partial charge in [-0.2, -0.15) is 0 Å². The standard InChI is InChI=1S/C15H12ClN3O3S.C10H4/c1-7-11-13(20)17-6-18-15(11)23-12(7)14(21)19-8-3-4-10(22-2)9(16)5-8;1-3-5-7-9-10-8-6-4-2/h3-6H,1-2H3,(H,19,21)(H,17,18,20);1-2H2. The molecule has 3 aromatic rings. The molecule has 33 heavy (non-hydrogen) atoms. The summed E-state index contributed by atoms with van der Waals surface area (Å²) in [4.78, 5) is 31.9. The van der Waals surface area contributed by atoms with Gasteiger partial charge in [0.1, 0.15) is 10.6 Å². The van der Waals surface area contributed by atoms with Gasteiger partial charge in [0.2, 0.25) is 0 Å². The first-order valence-electron chi connectivity index (χ1n) is 9.08. The predicted octanol–water partition coefficient (Wildman–Crippen LogP) is 5.25. The van der Waals surface area contributed by atoms with Gasteiger partial charge in [0.25, 0.3) is 11.5 Å². The molecule has 0 radical (unpaired) electrons. The van der Waals surface area contributed by atoms with Crippen molar-refractivity contribution in [3.05, 3.63) is 109 Å². The van der Waals surface area contributed by atoms with Gasteiger partial charge >= 0.3 is 0 Å². The Morgan fingerprint density at radius 3 is 2.33 bits per heavy atom. The van der Waals surface area contributed by atoms with E-state index in [0.29, 0.717) is 37.1 Å². The molecule has 0 bridgehead atoms. The largest absolute Gasteiger partial charge is 0.495 e. The zero-order chi connectivity index (χ0) is 24.2. The third-order valence-electron chi connectivity index (χ3n) is 3.84. The van der Waals surface area contributed by atoms with Gasteiger partial charge in [0, 0.05) is 5.69 Å². The van der Waals surface area contributed by atoms with Crippen molar-refractivity contribution in [2.24, 2.45) is 0 Å². The Morgan fingerprint density at radius 2 is 1.79 bits per heavy atom. The highest BCUT2D eigenvalue weighted by molar-refractivity contribution is 7.20. The maximum atomic E-state index is 12.5. The molecule has 0 atom stereocenters. The monoisotopic (exact) mass is 473 g/mol. The number of aryl methyl sites for hydroxylation is 1. The number of carbonyl (C=O) groups is 1. The molecule has 0 aliphatic rings. The minimum Gasteiger partial charge on any atom is -0.495 e. The van der Waals surface area contributed by atoms with E-state index >= 15 is 0 Å². The molecule has 162 valence electrons. The van der Waals surface area contributed by atoms with Crippen molar-refractivity contribution in [1.82, 2.24) is 9.97 Å². The van der Waals surface area contributed by atoms with Crippen LogP contribution >= 0.6 is 22.9 Å². The normalized spacial score (nSPS) is 8.58. The van der Waals surface area contributed by atoms with Gasteiger partial charge < -0.3 is 15.0 Å². The van der Waals surface area contributed by atoms with Gasteiger partial charge in [0.05, 0.1) is 28.7 Å². The SMILES string of the molecule is C=C=C=C=C=C=C=C=C=C.COc1ccc(NC(=O)c2sc3nc[nH]c(=O)c3c2C)cc1Cl. The van der Waals surface area contributed by atoms with Gasteiger partial charge in [0.15, 0.2) is 0 Å². The second-order valence-electron chi connectivity index (χ2n) is 5.88. The summed E-state index contributed by atoms with van der Waals surface area (Å²) in [7, 11) is 1.52. The summed E-state index contributed by atoms with van der Waals surface area (Å²) in [5.41, 5.74) is 20.4. The van der Waals surface area contributed by atoms with E-state index in [-0.39, 0.29) is 11.5 Å². The number of hydrogen-bond donors (Lipinski definition) is 2. The van der Waals surface area contributed by atoms with Gasteiger partial charge in [-0.15, -0.1) is 11.3 Å². The second-order valence-corrected chi connectivity index (χ2v) is 7.28. The topological polar surface area (TPSA) is 84.1 Å². The van der Waals surface area contributed by atoms with Crippen LogP contribution in [0.4, 0.5) is 5.69 Å². The molecule has 2 N–H and O–H groups in total. The van der Waals surface area contributed by atoms with Crippen LogP contribution in [0.1, 0.15) is 15.2 Å². The van der Waals surface area contributed by atoms with E-state index in [9.17, 15) is 9.59 Å². The number of rotatable bonds is 3. The smallest absolute Gasteiger partial charge is 0.266 e. The van der Waals surface area contributed by atoms with Crippen LogP contribution in [0.2, 0.25) is 5.02 Å². The average molecular weight is 474 g/mol. The van der Waals surface area contributed by atoms with E-state index in [1.807, 2.05) is 0 Å². The zero-order valence-electron chi connectivity index (χ0n) is 17.7. The van der Waals surface area contributed by atoms with Crippen LogP contribution in [0.5, 0.6) is 5.75 Å². The van der Waals surface area contributed by atoms with E-state index in [0.717, 1.165) is 0 Å². The number of halogens is 1. The molecule has 0 fully saturated rings. The van der Waals surface area contributed by atoms with Crippen molar-refractivity contribution in [2.45, 2.75) is 6.92 Å². The van der Waals surface area contributed by atoms with E-state index < -0.39 is 0 Å². The van der Waals surface area contributed by atoms with Crippen molar-refractivity contribution in [3.8, 4) is 5.75 Å². The highest BCUT2D eigenvalue weighted by Crippen LogP contribution is 2.30. The van der Waals surface area contributed by atoms with Crippen molar-refractivity contribution in [3.63, 3.8) is 0 Å². The Hall–Kier alpha value is -4.40. The van der Waals surface area contributed by atoms with Gasteiger partial charge in [-0.3, -0.25) is 9.59 Å². The van der Waals surface area contributed by atoms with Crippen LogP contribution in [0.3, 0.4) is 0 Å². The van der Waals surface area contributed by atoms with Crippen LogP contribution in [0, 0.1) is 6.92 Å². The van der Waals surface area contributed by atoms with Crippen molar-refractivity contribution >= 4 is 44.7 Å². The molecule has 0 unspecified atom stereocenters. The molecule has 0 spiro atoms. The van der Waals surface area contributed by atoms with Crippen LogP contribution in [0.25, 0.3) is 10.2 Å². The number of carbonyl (C=O) groups excluding carboxylic acids is 1. The minimum absolute atomic E-state index is 0.254. The summed E-state index contributed by atoms with van der Waals surface area (Å²) < 4.78 is 5.07. The lowest BCUT2D eigenvalue weighted by molar-refractivity contribution is 0.103. The molecule has 2 aromatic heterocycles. The fourth-order valence-corrected chi connectivity index (χ4v) is 3.74. The van der Waals surface area contributed by atoms with Crippen molar-refractivity contribution in [1.29, 1.82) is 0 Å². The number of ether oxygens (including phenoxy) is 1. The summed E-state index contributed by atoms with van der Waals surface area (Å²) in [6.07, 6.45) is 1.32. The van der Waals surface area contributed by atoms with Crippen molar-refractivity contribution in [2.75, 3.05) is 12.4 Å². The highest BCUT2D eigenvalue weighted by Gasteiger charge is 2.18. The first kappa shape index (κ1) is 24.9. The van der Waals surface area contributed by atoms with Gasteiger partial charge in [-0.05, 0) is 78.2 Å². The van der Waals surface area contributed by atoms with E-state index in [4.69, 9.17) is 16.3 Å². The number of fused-ring (bicyclic) bond motifs is 1. The zero-order valence-corrected chi connectivity index (χ0v) is 19.3. The molecular formula is C25H16ClN3O3S. The Labute approximate surface area is 198 Å². The molecule has 1 amide bonds. The summed E-state index contributed by atoms with van der Waals surface area (Å²) in [6.45, 7) is 8.27. The van der Waals surface area contributed by atoms with E-state index in [1.165, 1.54) is 24.8 Å². The lowest BCUT2D eigenvalue weighted by Crippen LogP contribution is -2.12. The van der Waals surface area contributed by atoms with Crippen LogP contribution in [-0.2, 0) is 0 Å². The Bertz CT molecular complexity index is 1530. The third kappa shape index (κ3) is 6.79. The predicted molar refractivity (Wildman–Crippen MR) is 130 cm³/mol. The number of aromatic nitrogens is 2. The third-order valence-corrected chi connectivity index (χ3v) is 5.33. The van der Waals surface area contributed by atoms with Crippen LogP contribution < -0.4 is 15.6 Å². The number of amides is 1. The number of anilines is 1. The summed E-state index contributed by atoms with van der Waals surface area (Å²) in [5, 5.41) is 3.60. The summed E-state index contributed by atoms with van der Waals surface area (Å²) >= 11 is 7.22. The number of aromatic amines is 1. The Kier molecular flexibility index (Phi) is 9.38. The van der Waals surface area contributed by atoms with Gasteiger partial charge in [-0.1, -0.05) is 23.1 Å². The van der Waals surface area contributed by atoms with Crippen LogP contribution in [0.15, 0.2) is 88.3 Å². The molecule has 8 heteroatoms. The number of thiophene rings is 1. The summed E-state index contributed by atoms with van der Waals surface area (Å²) in [6, 6.07) is 4.96. The Morgan fingerprint density at radius 1 is 1.15 bits per heavy atom. The molecular weight excluding hydrogens is 458 g/mol. The van der Waals surface area contributed by atoms with Crippen molar-refractivity contribution < 1.29 is 9.53 Å². The molecule has 2 heterocycles. The quantitative estimate of drug-likeness (QED) is 0.509. The second kappa shape index (κ2) is 12.5. The lowest BCUT2D eigenvalue weighted by Gasteiger charge is -2.07. The number of nitrogens with zero attached hydrogens (tertiary/aromatic N) is 1. The number of H-pyrrole nitrogens is 1. The number of hydrogen-bond acceptors (Lipinski definition) is 5. The number of methoxy groups -OCH3 is 1. The van der Waals surface area contributed by atoms with Gasteiger partial charge in [-0.25, -0.2) is 4.98 Å². The molecule has 3 rings (SSSR count). The molecule has 0 aliphatic carbocycles. The maximum absolute atomic E-state index is 12.5. The molecule has 0 saturated heterocycles. The summed E-state index contributed by atoms with van der Waals surface area (Å²) in [5.74, 6) is 0.213. The molecule has 0 saturated carbocycles. The fourth-order valence-electron chi connectivity index (χ4n) is 2.44. The molecule has 6 nitrogen and oxygen atoms in total. The first-order chi connectivity index (χ1) is 15.9. The average Bonchev–Trinajstić information content (AvgIpc) is 3.14. The van der Waals surface area contributed by atoms with Crippen LogP contribution in [-0.4, -0.2) is 23.0 Å². The van der Waals surface area contributed by atoms with E-state index in [1.54, 1.807) is 25.1 Å². The lowest BCUT2D eigenvalue weighted by atomic mass is 10.2. The Balaban J connectivity index is 0.000000328. The molecule has 0 aliphatic heterocycles. The highest BCUT2D eigenvalue weighted by atomic mass is 35.5. The first-order valence-corrected chi connectivity index (χ1v) is 10.3. The fraction of sp³-hybridized carbons (Fsp3) is 0.0800.